The first-order valence-corrected chi connectivity index (χ1v) is 14.6. The molecule has 0 aliphatic rings. The van der Waals surface area contributed by atoms with Gasteiger partial charge in [0.15, 0.2) is 0 Å². The Kier molecular flexibility index (Phi) is 10.5. The van der Waals surface area contributed by atoms with Crippen LogP contribution in [0.5, 0.6) is 5.75 Å². The predicted molar refractivity (Wildman–Crippen MR) is 153 cm³/mol. The first-order valence-electron chi connectivity index (χ1n) is 13.1. The van der Waals surface area contributed by atoms with Gasteiger partial charge in [0.2, 0.25) is 11.8 Å². The second-order valence-electron chi connectivity index (χ2n) is 9.02. The summed E-state index contributed by atoms with van der Waals surface area (Å²) in [6.45, 7) is 8.02. The number of para-hydroxylation sites is 1. The van der Waals surface area contributed by atoms with Gasteiger partial charge in [-0.05, 0) is 74.7 Å². The average molecular weight is 552 g/mol. The number of amides is 2. The number of nitrogens with one attached hydrogen (secondary N) is 1. The number of likely N-dealkylation sites (N-methyl/N-ethyl adjacent to an activating group) is 1. The Labute approximate surface area is 231 Å². The largest absolute Gasteiger partial charge is 0.494 e. The molecule has 0 bridgehead atoms. The number of benzene rings is 3. The number of rotatable bonds is 13. The van der Waals surface area contributed by atoms with E-state index < -0.39 is 28.5 Å². The van der Waals surface area contributed by atoms with E-state index in [0.717, 1.165) is 15.4 Å². The van der Waals surface area contributed by atoms with Crippen LogP contribution in [0.1, 0.15) is 38.3 Å². The number of nitrogens with zero attached hydrogens (tertiary/aromatic N) is 2. The molecule has 208 valence electrons. The van der Waals surface area contributed by atoms with Crippen molar-refractivity contribution >= 4 is 27.5 Å². The lowest BCUT2D eigenvalue weighted by Crippen LogP contribution is -2.52. The van der Waals surface area contributed by atoms with Gasteiger partial charge in [-0.2, -0.15) is 0 Å². The number of hydrogen-bond donors (Lipinski definition) is 1. The molecule has 2 amide bonds. The van der Waals surface area contributed by atoms with Crippen molar-refractivity contribution in [3.8, 4) is 5.75 Å². The Bertz CT molecular complexity index is 1340. The van der Waals surface area contributed by atoms with E-state index in [-0.39, 0.29) is 17.3 Å². The molecule has 0 radical (unpaired) electrons. The zero-order valence-corrected chi connectivity index (χ0v) is 23.8. The number of anilines is 1. The van der Waals surface area contributed by atoms with Crippen LogP contribution in [-0.4, -0.2) is 50.9 Å². The van der Waals surface area contributed by atoms with Gasteiger partial charge in [-0.15, -0.1) is 0 Å². The van der Waals surface area contributed by atoms with Crippen molar-refractivity contribution in [3.63, 3.8) is 0 Å². The fraction of sp³-hybridized carbons (Fsp3) is 0.333. The van der Waals surface area contributed by atoms with Crippen LogP contribution in [0.25, 0.3) is 0 Å². The summed E-state index contributed by atoms with van der Waals surface area (Å²) in [6.07, 6.45) is 0.375. The molecular weight excluding hydrogens is 514 g/mol. The van der Waals surface area contributed by atoms with E-state index in [0.29, 0.717) is 31.0 Å². The molecule has 1 N–H and O–H groups in total. The van der Waals surface area contributed by atoms with Gasteiger partial charge in [0.25, 0.3) is 10.0 Å². The summed E-state index contributed by atoms with van der Waals surface area (Å²) in [5.41, 5.74) is 2.21. The summed E-state index contributed by atoms with van der Waals surface area (Å²) in [5.74, 6) is -0.201. The number of carbonyl (C=O) groups excluding carboxylic acids is 2. The average Bonchev–Trinajstić information content (AvgIpc) is 2.93. The van der Waals surface area contributed by atoms with E-state index in [1.807, 2.05) is 52.0 Å². The van der Waals surface area contributed by atoms with Crippen LogP contribution in [0.4, 0.5) is 5.69 Å². The quantitative estimate of drug-likeness (QED) is 0.337. The second kappa shape index (κ2) is 13.8. The molecule has 39 heavy (non-hydrogen) atoms. The normalized spacial score (nSPS) is 11.9. The SMILES string of the molecule is CCNC(=O)C(CC)N(Cc1ccccc1C)C(=O)CN(c1ccccc1)S(=O)(=O)c1ccc(OCC)cc1. The van der Waals surface area contributed by atoms with Crippen LogP contribution in [0.3, 0.4) is 0 Å². The summed E-state index contributed by atoms with van der Waals surface area (Å²) < 4.78 is 34.3. The first kappa shape index (κ1) is 29.7. The minimum atomic E-state index is -4.13. The summed E-state index contributed by atoms with van der Waals surface area (Å²) in [7, 11) is -4.13. The Balaban J connectivity index is 2.03. The molecule has 9 heteroatoms. The minimum Gasteiger partial charge on any atom is -0.494 e. The molecule has 1 unspecified atom stereocenters. The van der Waals surface area contributed by atoms with E-state index in [1.54, 1.807) is 42.5 Å². The van der Waals surface area contributed by atoms with E-state index in [9.17, 15) is 18.0 Å². The Morgan fingerprint density at radius 3 is 2.13 bits per heavy atom. The van der Waals surface area contributed by atoms with E-state index in [4.69, 9.17) is 4.74 Å². The van der Waals surface area contributed by atoms with E-state index in [1.165, 1.54) is 17.0 Å². The van der Waals surface area contributed by atoms with Crippen LogP contribution in [-0.2, 0) is 26.2 Å². The van der Waals surface area contributed by atoms with Gasteiger partial charge in [-0.1, -0.05) is 49.4 Å². The third-order valence-electron chi connectivity index (χ3n) is 6.38. The Morgan fingerprint density at radius 1 is 0.897 bits per heavy atom. The maximum absolute atomic E-state index is 14.0. The highest BCUT2D eigenvalue weighted by Crippen LogP contribution is 2.26. The monoisotopic (exact) mass is 551 g/mol. The zero-order chi connectivity index (χ0) is 28.4. The predicted octanol–water partition coefficient (Wildman–Crippen LogP) is 4.53. The van der Waals surface area contributed by atoms with Gasteiger partial charge < -0.3 is 15.0 Å². The smallest absolute Gasteiger partial charge is 0.264 e. The van der Waals surface area contributed by atoms with Crippen LogP contribution in [0, 0.1) is 6.92 Å². The molecule has 0 saturated heterocycles. The number of sulfonamides is 1. The van der Waals surface area contributed by atoms with Crippen molar-refractivity contribution in [1.82, 2.24) is 10.2 Å². The minimum absolute atomic E-state index is 0.0313. The number of carbonyl (C=O) groups is 2. The highest BCUT2D eigenvalue weighted by atomic mass is 32.2. The van der Waals surface area contributed by atoms with Gasteiger partial charge in [0, 0.05) is 13.1 Å². The highest BCUT2D eigenvalue weighted by Gasteiger charge is 2.33. The molecule has 3 aromatic carbocycles. The van der Waals surface area contributed by atoms with Gasteiger partial charge in [0.1, 0.15) is 18.3 Å². The van der Waals surface area contributed by atoms with Gasteiger partial charge in [0.05, 0.1) is 17.2 Å². The van der Waals surface area contributed by atoms with Gasteiger partial charge >= 0.3 is 0 Å². The molecule has 8 nitrogen and oxygen atoms in total. The molecular formula is C30H37N3O5S. The molecule has 3 aromatic rings. The lowest BCUT2D eigenvalue weighted by Gasteiger charge is -2.33. The molecule has 3 rings (SSSR count). The summed E-state index contributed by atoms with van der Waals surface area (Å²) in [4.78, 5) is 28.5. The molecule has 0 spiro atoms. The molecule has 1 atom stereocenters. The lowest BCUT2D eigenvalue weighted by molar-refractivity contribution is -0.140. The topological polar surface area (TPSA) is 96.0 Å². The number of ether oxygens (including phenoxy) is 1. The third kappa shape index (κ3) is 7.38. The standard InChI is InChI=1S/C30H37N3O5S/c1-5-28(30(35)31-6-2)32(21-24-14-12-11-13-23(24)4)29(34)22-33(25-15-9-8-10-16-25)39(36,37)27-19-17-26(18-20-27)38-7-3/h8-20,28H,5-7,21-22H2,1-4H3,(H,31,35). The Hall–Kier alpha value is -3.85. The highest BCUT2D eigenvalue weighted by molar-refractivity contribution is 7.92. The third-order valence-corrected chi connectivity index (χ3v) is 8.17. The first-order chi connectivity index (χ1) is 18.7. The van der Waals surface area contributed by atoms with Crippen LogP contribution in [0.2, 0.25) is 0 Å². The molecule has 0 fully saturated rings. The summed E-state index contributed by atoms with van der Waals surface area (Å²) >= 11 is 0. The number of hydrogen-bond acceptors (Lipinski definition) is 5. The fourth-order valence-corrected chi connectivity index (χ4v) is 5.72. The van der Waals surface area contributed by atoms with Crippen molar-refractivity contribution in [1.29, 1.82) is 0 Å². The van der Waals surface area contributed by atoms with Gasteiger partial charge in [-0.25, -0.2) is 8.42 Å². The fourth-order valence-electron chi connectivity index (χ4n) is 4.31. The van der Waals surface area contributed by atoms with Crippen LogP contribution in [0.15, 0.2) is 83.8 Å². The van der Waals surface area contributed by atoms with E-state index in [2.05, 4.69) is 5.32 Å². The van der Waals surface area contributed by atoms with Crippen molar-refractivity contribution in [3.05, 3.63) is 90.0 Å². The maximum Gasteiger partial charge on any atom is 0.264 e. The molecule has 0 aromatic heterocycles. The van der Waals surface area contributed by atoms with Crippen molar-refractivity contribution in [2.24, 2.45) is 0 Å². The molecule has 0 heterocycles. The Morgan fingerprint density at radius 2 is 1.54 bits per heavy atom. The maximum atomic E-state index is 14.0. The summed E-state index contributed by atoms with van der Waals surface area (Å²) in [5, 5.41) is 2.81. The molecule has 0 saturated carbocycles. The van der Waals surface area contributed by atoms with Crippen molar-refractivity contribution < 1.29 is 22.7 Å². The number of aryl methyl sites for hydroxylation is 1. The zero-order valence-electron chi connectivity index (χ0n) is 23.0. The lowest BCUT2D eigenvalue weighted by atomic mass is 10.1. The van der Waals surface area contributed by atoms with Gasteiger partial charge in [-0.3, -0.25) is 13.9 Å². The second-order valence-corrected chi connectivity index (χ2v) is 10.9. The van der Waals surface area contributed by atoms with Crippen LogP contribution >= 0.6 is 0 Å². The van der Waals surface area contributed by atoms with Crippen molar-refractivity contribution in [2.75, 3.05) is 24.0 Å². The summed E-state index contributed by atoms with van der Waals surface area (Å²) in [6, 6.07) is 21.5. The molecule has 0 aliphatic heterocycles. The van der Waals surface area contributed by atoms with Crippen LogP contribution < -0.4 is 14.4 Å². The van der Waals surface area contributed by atoms with E-state index >= 15 is 0 Å². The molecule has 0 aliphatic carbocycles. The van der Waals surface area contributed by atoms with Crippen molar-refractivity contribution in [2.45, 2.75) is 51.6 Å².